The molecule has 1 aromatic heterocycles. The molecule has 0 aliphatic heterocycles. The van der Waals surface area contributed by atoms with Gasteiger partial charge in [-0.15, -0.1) is 10.2 Å². The summed E-state index contributed by atoms with van der Waals surface area (Å²) in [6.45, 7) is 0. The minimum absolute atomic E-state index is 0.148. The molecule has 1 heterocycles. The van der Waals surface area contributed by atoms with Gasteiger partial charge in [-0.05, 0) is 48.5 Å². The van der Waals surface area contributed by atoms with Gasteiger partial charge in [0.2, 0.25) is 0 Å². The van der Waals surface area contributed by atoms with Gasteiger partial charge in [0.25, 0.3) is 5.91 Å². The molecule has 8 heteroatoms. The van der Waals surface area contributed by atoms with Gasteiger partial charge >= 0.3 is 0 Å². The number of methoxy groups -OCH3 is 2. The van der Waals surface area contributed by atoms with Gasteiger partial charge in [-0.1, -0.05) is 0 Å². The summed E-state index contributed by atoms with van der Waals surface area (Å²) in [6, 6.07) is 17.3. The van der Waals surface area contributed by atoms with E-state index in [0.29, 0.717) is 28.6 Å². The molecule has 28 heavy (non-hydrogen) atoms. The number of nitriles is 1. The second kappa shape index (κ2) is 8.51. The van der Waals surface area contributed by atoms with Crippen molar-refractivity contribution < 1.29 is 14.3 Å². The fourth-order valence-corrected chi connectivity index (χ4v) is 2.39. The van der Waals surface area contributed by atoms with Crippen molar-refractivity contribution in [2.45, 2.75) is 0 Å². The second-order valence-electron chi connectivity index (χ2n) is 5.64. The standard InChI is InChI=1S/C20H17N5O3/c1-27-15-7-9-18(28-2)17(11-15)23-20(26)16-8-10-19(25-24-16)22-14-5-3-13(12-21)4-6-14/h3-11H,1-2H3,(H,22,25)(H,23,26). The molecule has 0 aliphatic rings. The van der Waals surface area contributed by atoms with Crippen LogP contribution < -0.4 is 20.1 Å². The number of hydrogen-bond donors (Lipinski definition) is 2. The van der Waals surface area contributed by atoms with Crippen LogP contribution >= 0.6 is 0 Å². The highest BCUT2D eigenvalue weighted by atomic mass is 16.5. The molecule has 0 unspecified atom stereocenters. The third-order valence-electron chi connectivity index (χ3n) is 3.84. The summed E-state index contributed by atoms with van der Waals surface area (Å²) in [6.07, 6.45) is 0. The van der Waals surface area contributed by atoms with Crippen molar-refractivity contribution in [3.63, 3.8) is 0 Å². The molecular formula is C20H17N5O3. The minimum atomic E-state index is -0.427. The Bertz CT molecular complexity index is 1010. The minimum Gasteiger partial charge on any atom is -0.497 e. The normalized spacial score (nSPS) is 9.89. The van der Waals surface area contributed by atoms with Crippen molar-refractivity contribution >= 4 is 23.1 Å². The highest BCUT2D eigenvalue weighted by Gasteiger charge is 2.13. The zero-order chi connectivity index (χ0) is 19.9. The SMILES string of the molecule is COc1ccc(OC)c(NC(=O)c2ccc(Nc3ccc(C#N)cc3)nn2)c1. The number of rotatable bonds is 6. The van der Waals surface area contributed by atoms with Crippen LogP contribution in [0.5, 0.6) is 11.5 Å². The lowest BCUT2D eigenvalue weighted by Gasteiger charge is -2.11. The molecular weight excluding hydrogens is 358 g/mol. The smallest absolute Gasteiger partial charge is 0.276 e. The number of carbonyl (C=O) groups excluding carboxylic acids is 1. The largest absolute Gasteiger partial charge is 0.497 e. The van der Waals surface area contributed by atoms with Crippen LogP contribution in [0.25, 0.3) is 0 Å². The van der Waals surface area contributed by atoms with E-state index in [-0.39, 0.29) is 5.69 Å². The predicted molar refractivity (Wildman–Crippen MR) is 104 cm³/mol. The third kappa shape index (κ3) is 4.34. The Labute approximate surface area is 161 Å². The first-order chi connectivity index (χ1) is 13.6. The van der Waals surface area contributed by atoms with Gasteiger partial charge in [0.1, 0.15) is 11.5 Å². The molecule has 0 atom stereocenters. The summed E-state index contributed by atoms with van der Waals surface area (Å²) in [4.78, 5) is 12.5. The number of anilines is 3. The van der Waals surface area contributed by atoms with Crippen LogP contribution in [-0.4, -0.2) is 30.3 Å². The number of benzene rings is 2. The first-order valence-electron chi connectivity index (χ1n) is 8.27. The summed E-state index contributed by atoms with van der Waals surface area (Å²) in [5.41, 5.74) is 1.94. The van der Waals surface area contributed by atoms with E-state index in [0.717, 1.165) is 5.69 Å². The van der Waals surface area contributed by atoms with Gasteiger partial charge in [0.15, 0.2) is 11.5 Å². The van der Waals surface area contributed by atoms with E-state index in [1.165, 1.54) is 7.11 Å². The van der Waals surface area contributed by atoms with Crippen LogP contribution in [0.15, 0.2) is 54.6 Å². The number of nitrogens with one attached hydrogen (secondary N) is 2. The van der Waals surface area contributed by atoms with Crippen LogP contribution in [0.2, 0.25) is 0 Å². The van der Waals surface area contributed by atoms with Crippen molar-refractivity contribution in [3.8, 4) is 17.6 Å². The van der Waals surface area contributed by atoms with E-state index < -0.39 is 5.91 Å². The molecule has 0 radical (unpaired) electrons. The monoisotopic (exact) mass is 375 g/mol. The summed E-state index contributed by atoms with van der Waals surface area (Å²) in [5.74, 6) is 1.13. The molecule has 8 nitrogen and oxygen atoms in total. The molecule has 2 N–H and O–H groups in total. The average molecular weight is 375 g/mol. The van der Waals surface area contributed by atoms with Crippen molar-refractivity contribution in [1.82, 2.24) is 10.2 Å². The molecule has 0 fully saturated rings. The molecule has 0 aliphatic carbocycles. The molecule has 140 valence electrons. The highest BCUT2D eigenvalue weighted by Crippen LogP contribution is 2.29. The highest BCUT2D eigenvalue weighted by molar-refractivity contribution is 6.03. The van der Waals surface area contributed by atoms with Gasteiger partial charge in [-0.3, -0.25) is 4.79 Å². The zero-order valence-electron chi connectivity index (χ0n) is 15.3. The van der Waals surface area contributed by atoms with E-state index in [1.54, 1.807) is 61.7 Å². The number of nitrogens with zero attached hydrogens (tertiary/aromatic N) is 3. The predicted octanol–water partition coefficient (Wildman–Crippen LogP) is 3.36. The topological polar surface area (TPSA) is 109 Å². The second-order valence-corrected chi connectivity index (χ2v) is 5.64. The van der Waals surface area contributed by atoms with E-state index in [2.05, 4.69) is 26.9 Å². The lowest BCUT2D eigenvalue weighted by molar-refractivity contribution is 0.102. The Morgan fingerprint density at radius 1 is 1.00 bits per heavy atom. The fraction of sp³-hybridized carbons (Fsp3) is 0.100. The van der Waals surface area contributed by atoms with E-state index in [9.17, 15) is 4.79 Å². The first-order valence-corrected chi connectivity index (χ1v) is 8.27. The Kier molecular flexibility index (Phi) is 5.67. The van der Waals surface area contributed by atoms with Crippen molar-refractivity contribution in [3.05, 3.63) is 65.9 Å². The Morgan fingerprint density at radius 2 is 1.79 bits per heavy atom. The van der Waals surface area contributed by atoms with Gasteiger partial charge < -0.3 is 20.1 Å². The average Bonchev–Trinajstić information content (AvgIpc) is 2.74. The van der Waals surface area contributed by atoms with Crippen LogP contribution in [0, 0.1) is 11.3 Å². The molecule has 0 saturated heterocycles. The lowest BCUT2D eigenvalue weighted by atomic mass is 10.2. The number of carbonyl (C=O) groups is 1. The van der Waals surface area contributed by atoms with E-state index >= 15 is 0 Å². The Morgan fingerprint density at radius 3 is 2.39 bits per heavy atom. The molecule has 3 rings (SSSR count). The first kappa shape index (κ1) is 18.7. The zero-order valence-corrected chi connectivity index (χ0v) is 15.3. The molecule has 2 aromatic carbocycles. The number of amides is 1. The van der Waals surface area contributed by atoms with Crippen LogP contribution in [0.4, 0.5) is 17.2 Å². The molecule has 0 bridgehead atoms. The van der Waals surface area contributed by atoms with Crippen molar-refractivity contribution in [2.75, 3.05) is 24.9 Å². The lowest BCUT2D eigenvalue weighted by Crippen LogP contribution is -2.15. The summed E-state index contributed by atoms with van der Waals surface area (Å²) < 4.78 is 10.4. The maximum Gasteiger partial charge on any atom is 0.276 e. The third-order valence-corrected chi connectivity index (χ3v) is 3.84. The molecule has 0 saturated carbocycles. The Balaban J connectivity index is 1.70. The molecule has 3 aromatic rings. The maximum atomic E-state index is 12.5. The summed E-state index contributed by atoms with van der Waals surface area (Å²) in [7, 11) is 3.05. The number of hydrogen-bond acceptors (Lipinski definition) is 7. The van der Waals surface area contributed by atoms with Crippen LogP contribution in [0.3, 0.4) is 0 Å². The summed E-state index contributed by atoms with van der Waals surface area (Å²) in [5, 5.41) is 22.6. The van der Waals surface area contributed by atoms with Crippen LogP contribution in [0.1, 0.15) is 16.1 Å². The van der Waals surface area contributed by atoms with E-state index in [4.69, 9.17) is 14.7 Å². The van der Waals surface area contributed by atoms with Gasteiger partial charge in [-0.2, -0.15) is 5.26 Å². The van der Waals surface area contributed by atoms with Crippen molar-refractivity contribution in [2.24, 2.45) is 0 Å². The molecule has 1 amide bonds. The Hall–Kier alpha value is -4.12. The van der Waals surface area contributed by atoms with Gasteiger partial charge in [-0.25, -0.2) is 0 Å². The summed E-state index contributed by atoms with van der Waals surface area (Å²) >= 11 is 0. The fourth-order valence-electron chi connectivity index (χ4n) is 2.39. The van der Waals surface area contributed by atoms with E-state index in [1.807, 2.05) is 0 Å². The number of ether oxygens (including phenoxy) is 2. The van der Waals surface area contributed by atoms with Crippen molar-refractivity contribution in [1.29, 1.82) is 5.26 Å². The molecule has 0 spiro atoms. The van der Waals surface area contributed by atoms with Gasteiger partial charge in [0.05, 0.1) is 31.5 Å². The van der Waals surface area contributed by atoms with Gasteiger partial charge in [0, 0.05) is 11.8 Å². The quantitative estimate of drug-likeness (QED) is 0.680. The number of aromatic nitrogens is 2. The maximum absolute atomic E-state index is 12.5. The van der Waals surface area contributed by atoms with Crippen LogP contribution in [-0.2, 0) is 0 Å².